The number of hydrogen-bond donors (Lipinski definition) is 0. The second-order valence-corrected chi connectivity index (χ2v) is 4.76. The Morgan fingerprint density at radius 1 is 1.30 bits per heavy atom. The van der Waals surface area contributed by atoms with Crippen LogP contribution in [-0.2, 0) is 15.7 Å². The minimum absolute atomic E-state index is 0.326. The number of ether oxygens (including phenoxy) is 1. The van der Waals surface area contributed by atoms with Crippen LogP contribution in [0.15, 0.2) is 24.3 Å². The first-order chi connectivity index (χ1) is 10.8. The molecule has 1 fully saturated rings. The van der Waals surface area contributed by atoms with Crippen LogP contribution in [0.2, 0.25) is 0 Å². The molecule has 0 aromatic heterocycles. The molecular weight excluding hydrogens is 317 g/mol. The normalized spacial score (nSPS) is 15.9. The topological polar surface area (TPSA) is 72.7 Å². The van der Waals surface area contributed by atoms with E-state index >= 15 is 0 Å². The van der Waals surface area contributed by atoms with Gasteiger partial charge in [0.05, 0.1) is 29.3 Å². The van der Waals surface area contributed by atoms with Gasteiger partial charge in [0.2, 0.25) is 5.91 Å². The van der Waals surface area contributed by atoms with Crippen molar-refractivity contribution in [3.05, 3.63) is 45.5 Å². The summed E-state index contributed by atoms with van der Waals surface area (Å²) in [4.78, 5) is 23.4. The number of morpholine rings is 1. The first kappa shape index (κ1) is 16.9. The summed E-state index contributed by atoms with van der Waals surface area (Å²) < 4.78 is 44.1. The molecule has 0 saturated carbocycles. The molecule has 1 saturated heterocycles. The van der Waals surface area contributed by atoms with Gasteiger partial charge in [0.15, 0.2) is 0 Å². The molecule has 1 aliphatic heterocycles. The summed E-state index contributed by atoms with van der Waals surface area (Å²) in [6.07, 6.45) is -2.99. The van der Waals surface area contributed by atoms with Crippen molar-refractivity contribution in [2.24, 2.45) is 0 Å². The third-order valence-electron chi connectivity index (χ3n) is 3.30. The second kappa shape index (κ2) is 6.78. The number of halogens is 3. The second-order valence-electron chi connectivity index (χ2n) is 4.76. The zero-order chi connectivity index (χ0) is 17.0. The molecule has 0 atom stereocenters. The Hall–Kier alpha value is -2.42. The van der Waals surface area contributed by atoms with Gasteiger partial charge in [-0.1, -0.05) is 6.07 Å². The van der Waals surface area contributed by atoms with Crippen LogP contribution < -0.4 is 0 Å². The molecule has 0 bridgehead atoms. The first-order valence-electron chi connectivity index (χ1n) is 6.70. The number of carbonyl (C=O) groups is 1. The summed E-state index contributed by atoms with van der Waals surface area (Å²) in [7, 11) is 0. The van der Waals surface area contributed by atoms with E-state index in [9.17, 15) is 28.1 Å². The van der Waals surface area contributed by atoms with Crippen LogP contribution in [0.25, 0.3) is 6.08 Å². The summed E-state index contributed by atoms with van der Waals surface area (Å²) in [5, 5.41) is 10.9. The lowest BCUT2D eigenvalue weighted by Gasteiger charge is -2.25. The molecule has 1 aromatic carbocycles. The lowest BCUT2D eigenvalue weighted by atomic mass is 10.0. The van der Waals surface area contributed by atoms with Crippen molar-refractivity contribution in [3.8, 4) is 0 Å². The molecule has 0 N–H and O–H groups in total. The van der Waals surface area contributed by atoms with E-state index in [1.165, 1.54) is 4.90 Å². The molecule has 6 nitrogen and oxygen atoms in total. The van der Waals surface area contributed by atoms with Crippen LogP contribution in [0.5, 0.6) is 0 Å². The van der Waals surface area contributed by atoms with Gasteiger partial charge in [-0.25, -0.2) is 0 Å². The molecule has 2 rings (SSSR count). The van der Waals surface area contributed by atoms with Gasteiger partial charge in [-0.3, -0.25) is 14.9 Å². The maximum Gasteiger partial charge on any atom is 0.417 e. The van der Waals surface area contributed by atoms with Crippen LogP contribution in [0.1, 0.15) is 11.1 Å². The lowest BCUT2D eigenvalue weighted by Crippen LogP contribution is -2.39. The summed E-state index contributed by atoms with van der Waals surface area (Å²) >= 11 is 0. The average Bonchev–Trinajstić information content (AvgIpc) is 2.52. The molecule has 1 amide bonds. The van der Waals surface area contributed by atoms with Crippen LogP contribution in [0, 0.1) is 10.1 Å². The van der Waals surface area contributed by atoms with E-state index in [1.54, 1.807) is 0 Å². The Labute approximate surface area is 129 Å². The van der Waals surface area contributed by atoms with Crippen LogP contribution in [0.4, 0.5) is 18.9 Å². The number of rotatable bonds is 3. The smallest absolute Gasteiger partial charge is 0.378 e. The molecule has 23 heavy (non-hydrogen) atoms. The monoisotopic (exact) mass is 330 g/mol. The number of nitro benzene ring substituents is 1. The number of alkyl halides is 3. The van der Waals surface area contributed by atoms with Crippen molar-refractivity contribution >= 4 is 17.7 Å². The van der Waals surface area contributed by atoms with E-state index in [0.29, 0.717) is 26.3 Å². The van der Waals surface area contributed by atoms with E-state index in [4.69, 9.17) is 4.74 Å². The third kappa shape index (κ3) is 4.07. The molecule has 1 heterocycles. The number of benzene rings is 1. The standard InChI is InChI=1S/C14H13F3N2O4/c15-14(16,17)11-2-1-3-12(19(21)22)10(11)4-5-13(20)18-6-8-23-9-7-18/h1-5H,6-9H2. The molecule has 1 aliphatic rings. The number of nitro groups is 1. The van der Waals surface area contributed by atoms with Crippen molar-refractivity contribution in [3.63, 3.8) is 0 Å². The van der Waals surface area contributed by atoms with Crippen molar-refractivity contribution in [1.82, 2.24) is 4.90 Å². The Balaban J connectivity index is 2.35. The van der Waals surface area contributed by atoms with Gasteiger partial charge in [0.25, 0.3) is 5.69 Å². The van der Waals surface area contributed by atoms with Crippen LogP contribution >= 0.6 is 0 Å². The predicted molar refractivity (Wildman–Crippen MR) is 74.5 cm³/mol. The number of nitrogens with zero attached hydrogens (tertiary/aromatic N) is 2. The summed E-state index contributed by atoms with van der Waals surface area (Å²) in [6, 6.07) is 2.67. The molecule has 0 aliphatic carbocycles. The summed E-state index contributed by atoms with van der Waals surface area (Å²) in [5.74, 6) is -0.514. The third-order valence-corrected chi connectivity index (χ3v) is 3.30. The van der Waals surface area contributed by atoms with E-state index in [2.05, 4.69) is 0 Å². The fourth-order valence-electron chi connectivity index (χ4n) is 2.18. The maximum atomic E-state index is 13.0. The summed E-state index contributed by atoms with van der Waals surface area (Å²) in [6.45, 7) is 1.34. The Kier molecular flexibility index (Phi) is 4.99. The van der Waals surface area contributed by atoms with Crippen molar-refractivity contribution in [2.75, 3.05) is 26.3 Å². The van der Waals surface area contributed by atoms with Gasteiger partial charge < -0.3 is 9.64 Å². The van der Waals surface area contributed by atoms with Gasteiger partial charge in [-0.05, 0) is 12.1 Å². The van der Waals surface area contributed by atoms with Gasteiger partial charge >= 0.3 is 6.18 Å². The van der Waals surface area contributed by atoms with E-state index in [1.807, 2.05) is 0 Å². The van der Waals surface area contributed by atoms with Crippen molar-refractivity contribution < 1.29 is 27.6 Å². The summed E-state index contributed by atoms with van der Waals surface area (Å²) in [5.41, 5.74) is -2.49. The largest absolute Gasteiger partial charge is 0.417 e. The molecule has 124 valence electrons. The molecule has 0 radical (unpaired) electrons. The van der Waals surface area contributed by atoms with Crippen LogP contribution in [-0.4, -0.2) is 42.0 Å². The molecule has 1 aromatic rings. The zero-order valence-electron chi connectivity index (χ0n) is 11.9. The highest BCUT2D eigenvalue weighted by molar-refractivity contribution is 5.92. The highest BCUT2D eigenvalue weighted by atomic mass is 19.4. The Morgan fingerprint density at radius 2 is 1.96 bits per heavy atom. The minimum atomic E-state index is -4.76. The van der Waals surface area contributed by atoms with Crippen molar-refractivity contribution in [2.45, 2.75) is 6.18 Å². The van der Waals surface area contributed by atoms with Crippen molar-refractivity contribution in [1.29, 1.82) is 0 Å². The molecule has 0 spiro atoms. The number of hydrogen-bond acceptors (Lipinski definition) is 4. The fourth-order valence-corrected chi connectivity index (χ4v) is 2.18. The molecule has 0 unspecified atom stereocenters. The molecular formula is C14H13F3N2O4. The highest BCUT2D eigenvalue weighted by Crippen LogP contribution is 2.36. The highest BCUT2D eigenvalue weighted by Gasteiger charge is 2.35. The first-order valence-corrected chi connectivity index (χ1v) is 6.70. The number of amides is 1. The molecule has 9 heteroatoms. The maximum absolute atomic E-state index is 13.0. The van der Waals surface area contributed by atoms with Gasteiger partial charge in [-0.15, -0.1) is 0 Å². The minimum Gasteiger partial charge on any atom is -0.378 e. The van der Waals surface area contributed by atoms with E-state index in [-0.39, 0.29) is 0 Å². The SMILES string of the molecule is O=C(C=Cc1c([N+](=O)[O-])cccc1C(F)(F)F)N1CCOCC1. The Bertz CT molecular complexity index is 637. The van der Waals surface area contributed by atoms with E-state index < -0.39 is 33.8 Å². The van der Waals surface area contributed by atoms with Gasteiger partial charge in [0, 0.05) is 25.2 Å². The quantitative estimate of drug-likeness (QED) is 0.485. The van der Waals surface area contributed by atoms with Gasteiger partial charge in [-0.2, -0.15) is 13.2 Å². The lowest BCUT2D eigenvalue weighted by molar-refractivity contribution is -0.385. The predicted octanol–water partition coefficient (Wildman–Crippen LogP) is 2.49. The van der Waals surface area contributed by atoms with E-state index in [0.717, 1.165) is 30.4 Å². The fraction of sp³-hybridized carbons (Fsp3) is 0.357. The zero-order valence-corrected chi connectivity index (χ0v) is 11.9. The Morgan fingerprint density at radius 3 is 2.52 bits per heavy atom. The van der Waals surface area contributed by atoms with Gasteiger partial charge in [0.1, 0.15) is 0 Å². The average molecular weight is 330 g/mol. The van der Waals surface area contributed by atoms with Crippen LogP contribution in [0.3, 0.4) is 0 Å². The number of carbonyl (C=O) groups excluding carboxylic acids is 1.